The maximum Gasteiger partial charge on any atom is 0.354 e. The average Bonchev–Trinajstić information content (AvgIpc) is 2.75. The summed E-state index contributed by atoms with van der Waals surface area (Å²) in [5.74, 6) is -0.995. The average molecular weight is 371 g/mol. The van der Waals surface area contributed by atoms with Crippen LogP contribution >= 0.6 is 0 Å². The smallest absolute Gasteiger partial charge is 0.354 e. The van der Waals surface area contributed by atoms with Gasteiger partial charge in [0.05, 0.1) is 13.2 Å². The molecule has 1 heterocycles. The summed E-state index contributed by atoms with van der Waals surface area (Å²) in [6.45, 7) is 1.35. The molecule has 4 aromatic rings. The van der Waals surface area contributed by atoms with E-state index in [-0.39, 0.29) is 5.69 Å². The molecular formula is C24H21NO3. The van der Waals surface area contributed by atoms with Crippen LogP contribution in [0.4, 0.5) is 0 Å². The van der Waals surface area contributed by atoms with Gasteiger partial charge in [-0.2, -0.15) is 0 Å². The largest absolute Gasteiger partial charge is 0.477 e. The van der Waals surface area contributed by atoms with Crippen molar-refractivity contribution in [2.75, 3.05) is 0 Å². The monoisotopic (exact) mass is 371 g/mol. The van der Waals surface area contributed by atoms with Gasteiger partial charge in [0, 0.05) is 11.6 Å². The van der Waals surface area contributed by atoms with Crippen LogP contribution in [0.15, 0.2) is 97.2 Å². The summed E-state index contributed by atoms with van der Waals surface area (Å²) in [5, 5.41) is 10.5. The SMILES string of the molecule is O=C(O)c1cc2ccccc2cn1.c1ccc(COCc2ccccc2)cc1. The van der Waals surface area contributed by atoms with Crippen LogP contribution in [0.2, 0.25) is 0 Å². The Labute approximate surface area is 164 Å². The Bertz CT molecular complexity index is 978. The van der Waals surface area contributed by atoms with Gasteiger partial charge < -0.3 is 9.84 Å². The standard InChI is InChI=1S/C14H14O.C10H7NO2/c1-3-7-13(8-4-1)11-15-12-14-9-5-2-6-10-14;12-10(13)9-5-7-3-1-2-4-8(7)6-11-9/h1-10H,11-12H2;1-6H,(H,12,13). The van der Waals surface area contributed by atoms with Crippen molar-refractivity contribution in [1.82, 2.24) is 4.98 Å². The highest BCUT2D eigenvalue weighted by Gasteiger charge is 2.03. The van der Waals surface area contributed by atoms with Crippen LogP contribution in [0.3, 0.4) is 0 Å². The van der Waals surface area contributed by atoms with Crippen LogP contribution in [0.5, 0.6) is 0 Å². The van der Waals surface area contributed by atoms with E-state index in [9.17, 15) is 4.79 Å². The van der Waals surface area contributed by atoms with Gasteiger partial charge >= 0.3 is 5.97 Å². The Hall–Kier alpha value is -3.50. The lowest BCUT2D eigenvalue weighted by molar-refractivity contribution is 0.0690. The fraction of sp³-hybridized carbons (Fsp3) is 0.0833. The second kappa shape index (κ2) is 10.00. The summed E-state index contributed by atoms with van der Waals surface area (Å²) >= 11 is 0. The molecule has 0 spiro atoms. The van der Waals surface area contributed by atoms with E-state index in [1.54, 1.807) is 12.3 Å². The molecule has 0 atom stereocenters. The number of ether oxygens (including phenoxy) is 1. The normalized spacial score (nSPS) is 10.1. The van der Waals surface area contributed by atoms with Crippen molar-refractivity contribution in [3.63, 3.8) is 0 Å². The Morgan fingerprint density at radius 2 is 1.25 bits per heavy atom. The molecule has 28 heavy (non-hydrogen) atoms. The number of fused-ring (bicyclic) bond motifs is 1. The molecule has 0 saturated heterocycles. The van der Waals surface area contributed by atoms with Crippen molar-refractivity contribution in [3.05, 3.63) is 114 Å². The van der Waals surface area contributed by atoms with Crippen LogP contribution in [-0.4, -0.2) is 16.1 Å². The van der Waals surface area contributed by atoms with Gasteiger partial charge in [-0.3, -0.25) is 0 Å². The van der Waals surface area contributed by atoms with E-state index in [0.29, 0.717) is 13.2 Å². The number of pyridine rings is 1. The van der Waals surface area contributed by atoms with E-state index in [4.69, 9.17) is 9.84 Å². The van der Waals surface area contributed by atoms with E-state index < -0.39 is 5.97 Å². The molecule has 0 aliphatic heterocycles. The highest BCUT2D eigenvalue weighted by atomic mass is 16.5. The molecule has 0 fully saturated rings. The summed E-state index contributed by atoms with van der Waals surface area (Å²) in [6, 6.07) is 29.5. The number of aromatic nitrogens is 1. The highest BCUT2D eigenvalue weighted by molar-refractivity contribution is 5.91. The quantitative estimate of drug-likeness (QED) is 0.515. The van der Waals surface area contributed by atoms with Crippen molar-refractivity contribution in [1.29, 1.82) is 0 Å². The Kier molecular flexibility index (Phi) is 6.88. The third-order valence-electron chi connectivity index (χ3n) is 4.07. The van der Waals surface area contributed by atoms with E-state index in [2.05, 4.69) is 29.2 Å². The number of hydrogen-bond donors (Lipinski definition) is 1. The van der Waals surface area contributed by atoms with E-state index in [0.717, 1.165) is 10.8 Å². The Morgan fingerprint density at radius 1 is 0.750 bits per heavy atom. The molecule has 1 aromatic heterocycles. The predicted octanol–water partition coefficient (Wildman–Crippen LogP) is 5.34. The number of rotatable bonds is 5. The van der Waals surface area contributed by atoms with Crippen molar-refractivity contribution in [2.45, 2.75) is 13.2 Å². The Balaban J connectivity index is 0.000000162. The molecule has 140 valence electrons. The molecule has 0 saturated carbocycles. The molecule has 0 bridgehead atoms. The molecule has 1 N–H and O–H groups in total. The van der Waals surface area contributed by atoms with Crippen LogP contribution in [0, 0.1) is 0 Å². The first-order chi connectivity index (χ1) is 13.7. The lowest BCUT2D eigenvalue weighted by Crippen LogP contribution is -1.98. The number of nitrogens with zero attached hydrogens (tertiary/aromatic N) is 1. The molecule has 0 aliphatic rings. The van der Waals surface area contributed by atoms with Gasteiger partial charge in [0.2, 0.25) is 0 Å². The fourth-order valence-electron chi connectivity index (χ4n) is 2.64. The molecule has 0 amide bonds. The maximum atomic E-state index is 10.6. The Morgan fingerprint density at radius 3 is 1.79 bits per heavy atom. The van der Waals surface area contributed by atoms with E-state index >= 15 is 0 Å². The van der Waals surface area contributed by atoms with Gasteiger partial charge in [-0.05, 0) is 22.6 Å². The number of carbonyl (C=O) groups is 1. The molecule has 4 heteroatoms. The first-order valence-electron chi connectivity index (χ1n) is 8.96. The van der Waals surface area contributed by atoms with E-state index in [1.165, 1.54) is 11.1 Å². The molecule has 0 unspecified atom stereocenters. The molecule has 0 aliphatic carbocycles. The van der Waals surface area contributed by atoms with Crippen molar-refractivity contribution < 1.29 is 14.6 Å². The topological polar surface area (TPSA) is 59.4 Å². The number of hydrogen-bond acceptors (Lipinski definition) is 3. The molecule has 4 rings (SSSR count). The fourth-order valence-corrected chi connectivity index (χ4v) is 2.64. The molecule has 4 nitrogen and oxygen atoms in total. The second-order valence-corrected chi connectivity index (χ2v) is 6.19. The summed E-state index contributed by atoms with van der Waals surface area (Å²) in [6.07, 6.45) is 1.57. The van der Waals surface area contributed by atoms with Crippen molar-refractivity contribution >= 4 is 16.7 Å². The molecular weight excluding hydrogens is 350 g/mol. The van der Waals surface area contributed by atoms with Gasteiger partial charge in [0.1, 0.15) is 5.69 Å². The van der Waals surface area contributed by atoms with Gasteiger partial charge in [0.15, 0.2) is 0 Å². The van der Waals surface area contributed by atoms with Gasteiger partial charge in [-0.1, -0.05) is 84.9 Å². The van der Waals surface area contributed by atoms with Crippen LogP contribution in [0.25, 0.3) is 10.8 Å². The minimum absolute atomic E-state index is 0.0821. The second-order valence-electron chi connectivity index (χ2n) is 6.19. The first-order valence-corrected chi connectivity index (χ1v) is 8.96. The minimum atomic E-state index is -0.995. The maximum absolute atomic E-state index is 10.6. The number of carboxylic acid groups (broad SMARTS) is 1. The van der Waals surface area contributed by atoms with Gasteiger partial charge in [-0.15, -0.1) is 0 Å². The summed E-state index contributed by atoms with van der Waals surface area (Å²) < 4.78 is 5.61. The molecule has 0 radical (unpaired) electrons. The van der Waals surface area contributed by atoms with Gasteiger partial charge in [-0.25, -0.2) is 9.78 Å². The van der Waals surface area contributed by atoms with Crippen LogP contribution < -0.4 is 0 Å². The zero-order valence-electron chi connectivity index (χ0n) is 15.4. The summed E-state index contributed by atoms with van der Waals surface area (Å²) in [7, 11) is 0. The number of aromatic carboxylic acids is 1. The third kappa shape index (κ3) is 5.76. The van der Waals surface area contributed by atoms with Crippen LogP contribution in [-0.2, 0) is 18.0 Å². The first kappa shape index (κ1) is 19.3. The van der Waals surface area contributed by atoms with Gasteiger partial charge in [0.25, 0.3) is 0 Å². The lowest BCUT2D eigenvalue weighted by Gasteiger charge is -2.03. The third-order valence-corrected chi connectivity index (χ3v) is 4.07. The molecule has 3 aromatic carbocycles. The lowest BCUT2D eigenvalue weighted by atomic mass is 10.1. The van der Waals surface area contributed by atoms with Crippen LogP contribution in [0.1, 0.15) is 21.6 Å². The minimum Gasteiger partial charge on any atom is -0.477 e. The zero-order chi connectivity index (χ0) is 19.6. The zero-order valence-corrected chi connectivity index (χ0v) is 15.4. The number of carboxylic acids is 1. The summed E-state index contributed by atoms with van der Waals surface area (Å²) in [4.78, 5) is 14.4. The predicted molar refractivity (Wildman–Crippen MR) is 110 cm³/mol. The van der Waals surface area contributed by atoms with Crippen molar-refractivity contribution in [3.8, 4) is 0 Å². The number of benzene rings is 3. The van der Waals surface area contributed by atoms with E-state index in [1.807, 2.05) is 60.7 Å². The highest BCUT2D eigenvalue weighted by Crippen LogP contribution is 2.13. The van der Waals surface area contributed by atoms with Crippen molar-refractivity contribution in [2.24, 2.45) is 0 Å². The summed E-state index contributed by atoms with van der Waals surface area (Å²) in [5.41, 5.74) is 2.51.